The van der Waals surface area contributed by atoms with E-state index >= 15 is 0 Å². The lowest BCUT2D eigenvalue weighted by Crippen LogP contribution is -2.51. The summed E-state index contributed by atoms with van der Waals surface area (Å²) >= 11 is 0. The van der Waals surface area contributed by atoms with Gasteiger partial charge in [0, 0.05) is 13.1 Å². The van der Waals surface area contributed by atoms with Gasteiger partial charge in [-0.3, -0.25) is 14.5 Å². The number of benzene rings is 2. The van der Waals surface area contributed by atoms with Crippen molar-refractivity contribution in [1.82, 2.24) is 10.2 Å². The van der Waals surface area contributed by atoms with E-state index in [1.54, 1.807) is 0 Å². The molecule has 0 spiro atoms. The number of hydrogen-bond acceptors (Lipinski definition) is 3. The lowest BCUT2D eigenvalue weighted by atomic mass is 9.93. The Balaban J connectivity index is 1.52. The number of amides is 2. The summed E-state index contributed by atoms with van der Waals surface area (Å²) in [6, 6.07) is 16.1. The van der Waals surface area contributed by atoms with Crippen molar-refractivity contribution in [3.63, 3.8) is 0 Å². The molecule has 3 N–H and O–H groups in total. The summed E-state index contributed by atoms with van der Waals surface area (Å²) in [7, 11) is 0. The van der Waals surface area contributed by atoms with Gasteiger partial charge in [0.25, 0.3) is 0 Å². The molecule has 0 aromatic heterocycles. The van der Waals surface area contributed by atoms with Crippen LogP contribution in [0.1, 0.15) is 42.0 Å². The summed E-state index contributed by atoms with van der Waals surface area (Å²) < 4.78 is 0. The van der Waals surface area contributed by atoms with Crippen molar-refractivity contribution in [2.75, 3.05) is 13.1 Å². The van der Waals surface area contributed by atoms with Crippen LogP contribution >= 0.6 is 0 Å². The van der Waals surface area contributed by atoms with E-state index in [1.165, 1.54) is 11.1 Å². The van der Waals surface area contributed by atoms with Crippen LogP contribution < -0.4 is 11.1 Å². The predicted octanol–water partition coefficient (Wildman–Crippen LogP) is 2.38. The first-order valence-electron chi connectivity index (χ1n) is 9.89. The Morgan fingerprint density at radius 1 is 1.11 bits per heavy atom. The minimum absolute atomic E-state index is 0.0792. The van der Waals surface area contributed by atoms with Gasteiger partial charge in [-0.1, -0.05) is 62.4 Å². The molecule has 0 saturated carbocycles. The van der Waals surface area contributed by atoms with Crippen molar-refractivity contribution in [2.45, 2.75) is 45.2 Å². The van der Waals surface area contributed by atoms with E-state index < -0.39 is 6.04 Å². The molecular formula is C23H29N3O2. The second kappa shape index (κ2) is 9.02. The van der Waals surface area contributed by atoms with Crippen LogP contribution in [-0.4, -0.2) is 35.8 Å². The molecule has 0 radical (unpaired) electrons. The number of nitrogens with zero attached hydrogens (tertiary/aromatic N) is 1. The van der Waals surface area contributed by atoms with Gasteiger partial charge in [0.2, 0.25) is 11.8 Å². The van der Waals surface area contributed by atoms with E-state index in [-0.39, 0.29) is 18.4 Å². The highest BCUT2D eigenvalue weighted by atomic mass is 16.2. The van der Waals surface area contributed by atoms with E-state index in [0.717, 1.165) is 17.5 Å². The molecule has 2 aromatic carbocycles. The summed E-state index contributed by atoms with van der Waals surface area (Å²) in [4.78, 5) is 26.2. The average molecular weight is 380 g/mol. The highest BCUT2D eigenvalue weighted by molar-refractivity contribution is 5.83. The fourth-order valence-electron chi connectivity index (χ4n) is 3.68. The van der Waals surface area contributed by atoms with Crippen molar-refractivity contribution in [1.29, 1.82) is 0 Å². The second-order valence-corrected chi connectivity index (χ2v) is 7.79. The Kier molecular flexibility index (Phi) is 6.47. The molecule has 2 aromatic rings. The van der Waals surface area contributed by atoms with E-state index in [9.17, 15) is 9.59 Å². The molecule has 1 aliphatic heterocycles. The average Bonchev–Trinajstić information content (AvgIpc) is 2.67. The molecule has 2 amide bonds. The van der Waals surface area contributed by atoms with Gasteiger partial charge < -0.3 is 11.1 Å². The van der Waals surface area contributed by atoms with Gasteiger partial charge in [-0.25, -0.2) is 0 Å². The Hall–Kier alpha value is -2.66. The maximum atomic E-state index is 12.4. The monoisotopic (exact) mass is 379 g/mol. The molecule has 0 saturated heterocycles. The van der Waals surface area contributed by atoms with E-state index in [2.05, 4.69) is 43.4 Å². The highest BCUT2D eigenvalue weighted by Crippen LogP contribution is 2.22. The lowest BCUT2D eigenvalue weighted by Gasteiger charge is -2.34. The van der Waals surface area contributed by atoms with E-state index in [4.69, 9.17) is 5.73 Å². The van der Waals surface area contributed by atoms with Gasteiger partial charge in [-0.2, -0.15) is 0 Å². The van der Waals surface area contributed by atoms with Gasteiger partial charge in [0.1, 0.15) is 0 Å². The van der Waals surface area contributed by atoms with Crippen LogP contribution in [0.4, 0.5) is 0 Å². The molecule has 5 nitrogen and oxygen atoms in total. The lowest BCUT2D eigenvalue weighted by molar-refractivity contribution is -0.127. The van der Waals surface area contributed by atoms with Gasteiger partial charge in [0.05, 0.1) is 12.6 Å². The summed E-state index contributed by atoms with van der Waals surface area (Å²) in [5, 5.41) is 2.97. The third-order valence-corrected chi connectivity index (χ3v) is 5.40. The number of hydrogen-bond donors (Lipinski definition) is 2. The molecule has 1 atom stereocenters. The van der Waals surface area contributed by atoms with Gasteiger partial charge >= 0.3 is 0 Å². The fourth-order valence-corrected chi connectivity index (χ4v) is 3.68. The molecule has 28 heavy (non-hydrogen) atoms. The summed E-state index contributed by atoms with van der Waals surface area (Å²) in [6.45, 7) is 5.66. The maximum Gasteiger partial charge on any atom is 0.235 e. The van der Waals surface area contributed by atoms with Crippen LogP contribution in [-0.2, 0) is 29.0 Å². The molecule has 3 rings (SSSR count). The van der Waals surface area contributed by atoms with Crippen molar-refractivity contribution in [2.24, 2.45) is 5.73 Å². The Morgan fingerprint density at radius 3 is 2.43 bits per heavy atom. The van der Waals surface area contributed by atoms with E-state index in [0.29, 0.717) is 25.4 Å². The van der Waals surface area contributed by atoms with Gasteiger partial charge in [-0.15, -0.1) is 0 Å². The zero-order valence-corrected chi connectivity index (χ0v) is 16.7. The van der Waals surface area contributed by atoms with Crippen molar-refractivity contribution >= 4 is 11.8 Å². The molecular weight excluding hydrogens is 350 g/mol. The van der Waals surface area contributed by atoms with Crippen LogP contribution in [0.25, 0.3) is 0 Å². The van der Waals surface area contributed by atoms with E-state index in [1.807, 2.05) is 29.2 Å². The molecule has 1 aliphatic rings. The quantitative estimate of drug-likeness (QED) is 0.776. The predicted molar refractivity (Wildman–Crippen MR) is 111 cm³/mol. The van der Waals surface area contributed by atoms with Crippen molar-refractivity contribution in [3.8, 4) is 0 Å². The van der Waals surface area contributed by atoms with Gasteiger partial charge in [-0.05, 0) is 41.0 Å². The number of nitrogens with one attached hydrogen (secondary N) is 1. The van der Waals surface area contributed by atoms with Crippen LogP contribution in [0.2, 0.25) is 0 Å². The Morgan fingerprint density at radius 2 is 1.79 bits per heavy atom. The maximum absolute atomic E-state index is 12.4. The van der Waals surface area contributed by atoms with Crippen molar-refractivity contribution in [3.05, 3.63) is 70.8 Å². The first-order chi connectivity index (χ1) is 13.4. The third-order valence-electron chi connectivity index (χ3n) is 5.40. The fraction of sp³-hybridized carbons (Fsp3) is 0.391. The summed E-state index contributed by atoms with van der Waals surface area (Å²) in [5.41, 5.74) is 10.4. The highest BCUT2D eigenvalue weighted by Gasteiger charge is 2.31. The summed E-state index contributed by atoms with van der Waals surface area (Å²) in [5.74, 6) is 0.0543. The largest absolute Gasteiger partial charge is 0.368 e. The molecule has 0 bridgehead atoms. The summed E-state index contributed by atoms with van der Waals surface area (Å²) in [6.07, 6.45) is 1.34. The number of rotatable bonds is 7. The molecule has 5 heteroatoms. The Bertz CT molecular complexity index is 830. The molecule has 0 fully saturated rings. The first-order valence-corrected chi connectivity index (χ1v) is 9.89. The Labute approximate surface area is 166 Å². The third kappa shape index (κ3) is 4.98. The van der Waals surface area contributed by atoms with Crippen LogP contribution in [0.5, 0.6) is 0 Å². The van der Waals surface area contributed by atoms with Crippen molar-refractivity contribution < 1.29 is 9.59 Å². The zero-order valence-electron chi connectivity index (χ0n) is 16.7. The molecule has 1 heterocycles. The topological polar surface area (TPSA) is 75.4 Å². The minimum Gasteiger partial charge on any atom is -0.368 e. The zero-order chi connectivity index (χ0) is 20.1. The molecule has 0 aliphatic carbocycles. The first kappa shape index (κ1) is 20.1. The van der Waals surface area contributed by atoms with Crippen LogP contribution in [0.15, 0.2) is 48.5 Å². The molecule has 1 unspecified atom stereocenters. The number of carbonyl (C=O) groups excluding carboxylic acids is 2. The number of carbonyl (C=O) groups is 2. The number of nitrogens with two attached hydrogens (primary N) is 1. The smallest absolute Gasteiger partial charge is 0.235 e. The van der Waals surface area contributed by atoms with Crippen LogP contribution in [0.3, 0.4) is 0 Å². The normalized spacial score (nSPS) is 16.6. The number of primary amides is 1. The van der Waals surface area contributed by atoms with Gasteiger partial charge in [0.15, 0.2) is 0 Å². The second-order valence-electron chi connectivity index (χ2n) is 7.79. The standard InChI is InChI=1S/C23H29N3O2/c1-16(2)18-9-7-17(8-10-18)11-12-25-22(27)15-26-14-20-6-4-3-5-19(20)13-21(26)23(24)28/h3-10,16,21H,11-15H2,1-2H3,(H2,24,28)(H,25,27). The minimum atomic E-state index is -0.441. The SMILES string of the molecule is CC(C)c1ccc(CCNC(=O)CN2Cc3ccccc3CC2C(N)=O)cc1. The molecule has 148 valence electrons. The number of fused-ring (bicyclic) bond motifs is 1. The van der Waals surface area contributed by atoms with Crippen LogP contribution in [0, 0.1) is 0 Å².